The van der Waals surface area contributed by atoms with Crippen LogP contribution in [0, 0.1) is 0 Å². The van der Waals surface area contributed by atoms with Gasteiger partial charge in [0.05, 0.1) is 0 Å². The number of carbonyl (C=O) groups is 1. The van der Waals surface area contributed by atoms with Crippen molar-refractivity contribution in [3.63, 3.8) is 0 Å². The molecule has 1 aromatic heterocycles. The van der Waals surface area contributed by atoms with Crippen LogP contribution in [0.25, 0.3) is 0 Å². The molecule has 0 saturated heterocycles. The molecule has 0 aliphatic heterocycles. The number of hydrogen-bond acceptors (Lipinski definition) is 4. The standard InChI is InChI=1S/C9H15N3O4S/c1-3-4-7-5-8(11-10-7)12-17(15,16)6(2)9(13)14/h5-6H,3-4H2,1-2H3,(H,13,14)(H2,10,11,12). The molecule has 17 heavy (non-hydrogen) atoms. The maximum absolute atomic E-state index is 11.6. The number of sulfonamides is 1. The molecular formula is C9H15N3O4S. The molecule has 1 unspecified atom stereocenters. The van der Waals surface area contributed by atoms with Gasteiger partial charge in [-0.15, -0.1) is 0 Å². The van der Waals surface area contributed by atoms with E-state index < -0.39 is 21.2 Å². The number of nitrogens with zero attached hydrogens (tertiary/aromatic N) is 1. The van der Waals surface area contributed by atoms with Gasteiger partial charge < -0.3 is 5.11 Å². The molecule has 1 heterocycles. The molecule has 8 heteroatoms. The molecule has 0 bridgehead atoms. The Morgan fingerprint density at radius 3 is 2.82 bits per heavy atom. The maximum atomic E-state index is 11.6. The molecule has 1 rings (SSSR count). The number of nitrogens with one attached hydrogen (secondary N) is 2. The molecule has 7 nitrogen and oxygen atoms in total. The lowest BCUT2D eigenvalue weighted by Gasteiger charge is -2.08. The number of carboxylic acids is 1. The number of rotatable bonds is 6. The number of aromatic nitrogens is 2. The number of aryl methyl sites for hydroxylation is 1. The predicted octanol–water partition coefficient (Wildman–Crippen LogP) is 0.577. The summed E-state index contributed by atoms with van der Waals surface area (Å²) in [5.74, 6) is -1.29. The van der Waals surface area contributed by atoms with Crippen LogP contribution in [-0.2, 0) is 21.2 Å². The molecule has 0 amide bonds. The van der Waals surface area contributed by atoms with Gasteiger partial charge in [0.15, 0.2) is 11.1 Å². The van der Waals surface area contributed by atoms with Gasteiger partial charge in [0.2, 0.25) is 10.0 Å². The van der Waals surface area contributed by atoms with Crippen LogP contribution < -0.4 is 4.72 Å². The fourth-order valence-corrected chi connectivity index (χ4v) is 2.02. The summed E-state index contributed by atoms with van der Waals surface area (Å²) in [5.41, 5.74) is 0.799. The molecule has 0 aliphatic carbocycles. The van der Waals surface area contributed by atoms with E-state index in [2.05, 4.69) is 14.9 Å². The molecule has 0 radical (unpaired) electrons. The third-order valence-electron chi connectivity index (χ3n) is 2.21. The summed E-state index contributed by atoms with van der Waals surface area (Å²) < 4.78 is 25.3. The lowest BCUT2D eigenvalue weighted by atomic mass is 10.2. The molecule has 0 spiro atoms. The van der Waals surface area contributed by atoms with Crippen LogP contribution in [0.4, 0.5) is 5.82 Å². The first-order chi connectivity index (χ1) is 7.86. The number of anilines is 1. The lowest BCUT2D eigenvalue weighted by Crippen LogP contribution is -2.32. The average molecular weight is 261 g/mol. The zero-order valence-corrected chi connectivity index (χ0v) is 10.4. The van der Waals surface area contributed by atoms with Crippen molar-refractivity contribution in [2.75, 3.05) is 4.72 Å². The van der Waals surface area contributed by atoms with Crippen LogP contribution in [0.15, 0.2) is 6.07 Å². The zero-order chi connectivity index (χ0) is 13.1. The van der Waals surface area contributed by atoms with E-state index in [1.165, 1.54) is 0 Å². The van der Waals surface area contributed by atoms with Crippen LogP contribution in [-0.4, -0.2) is 34.9 Å². The first kappa shape index (κ1) is 13.5. The summed E-state index contributed by atoms with van der Waals surface area (Å²) in [6.07, 6.45) is 1.66. The zero-order valence-electron chi connectivity index (χ0n) is 9.60. The van der Waals surface area contributed by atoms with Crippen molar-refractivity contribution >= 4 is 21.8 Å². The van der Waals surface area contributed by atoms with E-state index in [0.717, 1.165) is 25.5 Å². The third kappa shape index (κ3) is 3.45. The van der Waals surface area contributed by atoms with E-state index in [-0.39, 0.29) is 5.82 Å². The fraction of sp³-hybridized carbons (Fsp3) is 0.556. The second kappa shape index (κ2) is 5.17. The number of carboxylic acid groups (broad SMARTS) is 1. The van der Waals surface area contributed by atoms with Gasteiger partial charge in [-0.05, 0) is 13.3 Å². The van der Waals surface area contributed by atoms with Gasteiger partial charge in [-0.3, -0.25) is 14.6 Å². The van der Waals surface area contributed by atoms with Crippen LogP contribution in [0.3, 0.4) is 0 Å². The first-order valence-corrected chi connectivity index (χ1v) is 6.70. The van der Waals surface area contributed by atoms with Crippen molar-refractivity contribution in [3.8, 4) is 0 Å². The van der Waals surface area contributed by atoms with E-state index in [4.69, 9.17) is 5.11 Å². The Bertz CT molecular complexity index is 494. The van der Waals surface area contributed by atoms with Gasteiger partial charge in [0, 0.05) is 11.8 Å². The summed E-state index contributed by atoms with van der Waals surface area (Å²) in [5, 5.41) is 13.5. The third-order valence-corrected chi connectivity index (χ3v) is 3.84. The molecule has 1 aromatic rings. The Balaban J connectivity index is 2.79. The Morgan fingerprint density at radius 1 is 1.65 bits per heavy atom. The lowest BCUT2D eigenvalue weighted by molar-refractivity contribution is -0.136. The number of aliphatic carboxylic acids is 1. The van der Waals surface area contributed by atoms with E-state index in [1.54, 1.807) is 6.07 Å². The normalized spacial score (nSPS) is 13.3. The largest absolute Gasteiger partial charge is 0.480 e. The smallest absolute Gasteiger partial charge is 0.323 e. The van der Waals surface area contributed by atoms with Crippen LogP contribution in [0.2, 0.25) is 0 Å². The van der Waals surface area contributed by atoms with Gasteiger partial charge in [0.25, 0.3) is 0 Å². The summed E-state index contributed by atoms with van der Waals surface area (Å²) in [6, 6.07) is 1.55. The highest BCUT2D eigenvalue weighted by molar-refractivity contribution is 7.94. The van der Waals surface area contributed by atoms with Gasteiger partial charge >= 0.3 is 5.97 Å². The summed E-state index contributed by atoms with van der Waals surface area (Å²) >= 11 is 0. The average Bonchev–Trinajstić information content (AvgIpc) is 2.64. The van der Waals surface area contributed by atoms with Gasteiger partial charge in [-0.1, -0.05) is 13.3 Å². The van der Waals surface area contributed by atoms with Crippen molar-refractivity contribution in [3.05, 3.63) is 11.8 Å². The minimum absolute atomic E-state index is 0.113. The highest BCUT2D eigenvalue weighted by Gasteiger charge is 2.28. The minimum atomic E-state index is -3.95. The molecule has 0 aromatic carbocycles. The van der Waals surface area contributed by atoms with Gasteiger partial charge in [-0.2, -0.15) is 5.10 Å². The van der Waals surface area contributed by atoms with Crippen LogP contribution in [0.5, 0.6) is 0 Å². The topological polar surface area (TPSA) is 112 Å². The van der Waals surface area contributed by atoms with E-state index >= 15 is 0 Å². The summed E-state index contributed by atoms with van der Waals surface area (Å²) in [7, 11) is -3.95. The van der Waals surface area contributed by atoms with Crippen molar-refractivity contribution in [1.82, 2.24) is 10.2 Å². The second-order valence-electron chi connectivity index (χ2n) is 3.66. The quantitative estimate of drug-likeness (QED) is 0.693. The van der Waals surface area contributed by atoms with E-state index in [0.29, 0.717) is 0 Å². The van der Waals surface area contributed by atoms with Crippen molar-refractivity contribution < 1.29 is 18.3 Å². The molecule has 1 atom stereocenters. The van der Waals surface area contributed by atoms with Crippen molar-refractivity contribution in [2.24, 2.45) is 0 Å². The predicted molar refractivity (Wildman–Crippen MR) is 62.2 cm³/mol. The Labute approximate surface area is 99.3 Å². The maximum Gasteiger partial charge on any atom is 0.323 e. The molecule has 3 N–H and O–H groups in total. The number of H-pyrrole nitrogens is 1. The van der Waals surface area contributed by atoms with Gasteiger partial charge in [0.1, 0.15) is 0 Å². The number of hydrogen-bond donors (Lipinski definition) is 3. The molecule has 96 valence electrons. The Kier molecular flexibility index (Phi) is 4.11. The van der Waals surface area contributed by atoms with Crippen molar-refractivity contribution in [2.45, 2.75) is 31.9 Å². The van der Waals surface area contributed by atoms with Crippen molar-refractivity contribution in [1.29, 1.82) is 0 Å². The van der Waals surface area contributed by atoms with Gasteiger partial charge in [-0.25, -0.2) is 8.42 Å². The van der Waals surface area contributed by atoms with E-state index in [1.807, 2.05) is 6.92 Å². The fourth-order valence-electron chi connectivity index (χ4n) is 1.18. The summed E-state index contributed by atoms with van der Waals surface area (Å²) in [4.78, 5) is 10.6. The first-order valence-electron chi connectivity index (χ1n) is 5.15. The second-order valence-corrected chi connectivity index (χ2v) is 5.66. The highest BCUT2D eigenvalue weighted by atomic mass is 32.2. The molecular weight excluding hydrogens is 246 g/mol. The molecule has 0 fully saturated rings. The van der Waals surface area contributed by atoms with E-state index in [9.17, 15) is 13.2 Å². The summed E-state index contributed by atoms with van der Waals surface area (Å²) in [6.45, 7) is 3.08. The Morgan fingerprint density at radius 2 is 2.29 bits per heavy atom. The van der Waals surface area contributed by atoms with Crippen LogP contribution >= 0.6 is 0 Å². The Hall–Kier alpha value is -1.57. The molecule has 0 saturated carbocycles. The van der Waals surface area contributed by atoms with Crippen LogP contribution in [0.1, 0.15) is 26.0 Å². The molecule has 0 aliphatic rings. The SMILES string of the molecule is CCCc1cc(NS(=O)(=O)C(C)C(=O)O)n[nH]1. The minimum Gasteiger partial charge on any atom is -0.480 e. The number of aromatic amines is 1. The monoisotopic (exact) mass is 261 g/mol. The highest BCUT2D eigenvalue weighted by Crippen LogP contribution is 2.11.